The molecular formula is C10H21N3O3. The SMILES string of the molecule is CNN1C[C@H](NC(=O)OC(C)(C)C)[C@@H](O)C1. The lowest BCUT2D eigenvalue weighted by Gasteiger charge is -2.22. The molecule has 0 unspecified atom stereocenters. The smallest absolute Gasteiger partial charge is 0.408 e. The highest BCUT2D eigenvalue weighted by molar-refractivity contribution is 5.68. The molecule has 6 nitrogen and oxygen atoms in total. The van der Waals surface area contributed by atoms with Gasteiger partial charge in [0.25, 0.3) is 0 Å². The summed E-state index contributed by atoms with van der Waals surface area (Å²) in [5.74, 6) is 0. The maximum atomic E-state index is 11.5. The van der Waals surface area contributed by atoms with Crippen LogP contribution in [-0.2, 0) is 4.74 Å². The number of β-amino-alcohol motifs (C(OH)–C–C–N with tert-alkyl or cyclic N) is 1. The van der Waals surface area contributed by atoms with E-state index < -0.39 is 17.8 Å². The summed E-state index contributed by atoms with van der Waals surface area (Å²) in [5, 5.41) is 14.2. The predicted molar refractivity (Wildman–Crippen MR) is 59.8 cm³/mol. The molecule has 1 fully saturated rings. The molecule has 0 aromatic rings. The number of hydrogen-bond acceptors (Lipinski definition) is 5. The van der Waals surface area contributed by atoms with E-state index in [2.05, 4.69) is 10.7 Å². The molecule has 3 N–H and O–H groups in total. The first-order chi connectivity index (χ1) is 7.31. The second kappa shape index (κ2) is 4.99. The zero-order chi connectivity index (χ0) is 12.3. The lowest BCUT2D eigenvalue weighted by atomic mass is 10.2. The highest BCUT2D eigenvalue weighted by Gasteiger charge is 2.32. The summed E-state index contributed by atoms with van der Waals surface area (Å²) in [6, 6.07) is -0.290. The van der Waals surface area contributed by atoms with E-state index in [0.717, 1.165) is 0 Å². The van der Waals surface area contributed by atoms with Gasteiger partial charge in [-0.05, 0) is 27.8 Å². The van der Waals surface area contributed by atoms with E-state index in [9.17, 15) is 9.90 Å². The molecule has 1 rings (SSSR count). The fourth-order valence-corrected chi connectivity index (χ4v) is 1.57. The summed E-state index contributed by atoms with van der Waals surface area (Å²) >= 11 is 0. The first kappa shape index (κ1) is 13.2. The maximum absolute atomic E-state index is 11.5. The van der Waals surface area contributed by atoms with E-state index in [0.29, 0.717) is 13.1 Å². The van der Waals surface area contributed by atoms with Crippen LogP contribution in [0.25, 0.3) is 0 Å². The van der Waals surface area contributed by atoms with Crippen molar-refractivity contribution in [2.24, 2.45) is 0 Å². The molecule has 16 heavy (non-hydrogen) atoms. The third-order valence-electron chi connectivity index (χ3n) is 2.31. The Hall–Kier alpha value is -0.850. The van der Waals surface area contributed by atoms with Gasteiger partial charge in [0.15, 0.2) is 0 Å². The number of carbonyl (C=O) groups excluding carboxylic acids is 1. The third kappa shape index (κ3) is 3.96. The summed E-state index contributed by atoms with van der Waals surface area (Å²) in [4.78, 5) is 11.5. The molecule has 94 valence electrons. The fourth-order valence-electron chi connectivity index (χ4n) is 1.57. The second-order valence-electron chi connectivity index (χ2n) is 4.95. The second-order valence-corrected chi connectivity index (χ2v) is 4.95. The molecule has 1 heterocycles. The Morgan fingerprint density at radius 1 is 1.44 bits per heavy atom. The molecule has 0 spiro atoms. The minimum absolute atomic E-state index is 0.290. The Bertz CT molecular complexity index is 252. The quantitative estimate of drug-likeness (QED) is 0.608. The topological polar surface area (TPSA) is 73.8 Å². The minimum atomic E-state index is -0.569. The number of nitrogens with one attached hydrogen (secondary N) is 2. The zero-order valence-corrected chi connectivity index (χ0v) is 10.3. The molecule has 2 atom stereocenters. The summed E-state index contributed by atoms with van der Waals surface area (Å²) < 4.78 is 5.12. The van der Waals surface area contributed by atoms with Crippen molar-refractivity contribution in [2.45, 2.75) is 38.5 Å². The van der Waals surface area contributed by atoms with Crippen LogP contribution in [0.1, 0.15) is 20.8 Å². The number of ether oxygens (including phenoxy) is 1. The van der Waals surface area contributed by atoms with Gasteiger partial charge in [0.2, 0.25) is 0 Å². The van der Waals surface area contributed by atoms with Crippen molar-refractivity contribution in [3.63, 3.8) is 0 Å². The summed E-state index contributed by atoms with van der Waals surface area (Å²) in [5.41, 5.74) is 2.41. The van der Waals surface area contributed by atoms with Crippen LogP contribution in [0.4, 0.5) is 4.79 Å². The third-order valence-corrected chi connectivity index (χ3v) is 2.31. The van der Waals surface area contributed by atoms with Gasteiger partial charge in [0.1, 0.15) is 5.60 Å². The highest BCUT2D eigenvalue weighted by atomic mass is 16.6. The number of amides is 1. The summed E-state index contributed by atoms with van der Waals surface area (Å²) in [6.45, 7) is 6.47. The number of alkyl carbamates (subject to hydrolysis) is 1. The number of aliphatic hydroxyl groups is 1. The van der Waals surface area contributed by atoms with Crippen molar-refractivity contribution in [3.8, 4) is 0 Å². The number of hydrazine groups is 1. The molecule has 6 heteroatoms. The van der Waals surface area contributed by atoms with Crippen molar-refractivity contribution in [1.29, 1.82) is 0 Å². The van der Waals surface area contributed by atoms with Gasteiger partial charge < -0.3 is 15.2 Å². The highest BCUT2D eigenvalue weighted by Crippen LogP contribution is 2.10. The van der Waals surface area contributed by atoms with Crippen molar-refractivity contribution in [1.82, 2.24) is 15.8 Å². The molecule has 0 aromatic carbocycles. The molecule has 0 bridgehead atoms. The first-order valence-corrected chi connectivity index (χ1v) is 5.42. The van der Waals surface area contributed by atoms with Crippen LogP contribution < -0.4 is 10.7 Å². The van der Waals surface area contributed by atoms with E-state index >= 15 is 0 Å². The standard InChI is InChI=1S/C10H21N3O3/c1-10(2,3)16-9(15)12-7-5-13(11-4)6-8(7)14/h7-8,11,14H,5-6H2,1-4H3,(H,12,15)/t7-,8-/m0/s1. The van der Waals surface area contributed by atoms with Gasteiger partial charge in [0.05, 0.1) is 12.1 Å². The fraction of sp³-hybridized carbons (Fsp3) is 0.900. The van der Waals surface area contributed by atoms with E-state index in [1.54, 1.807) is 27.8 Å². The molecule has 0 radical (unpaired) electrons. The number of rotatable bonds is 2. The Morgan fingerprint density at radius 2 is 2.06 bits per heavy atom. The molecule has 1 aliphatic heterocycles. The number of carbonyl (C=O) groups is 1. The Labute approximate surface area is 95.9 Å². The molecule has 1 amide bonds. The zero-order valence-electron chi connectivity index (χ0n) is 10.3. The van der Waals surface area contributed by atoms with Crippen LogP contribution in [0.2, 0.25) is 0 Å². The molecule has 1 saturated heterocycles. The van der Waals surface area contributed by atoms with Gasteiger partial charge >= 0.3 is 6.09 Å². The van der Waals surface area contributed by atoms with Crippen molar-refractivity contribution in [3.05, 3.63) is 0 Å². The van der Waals surface area contributed by atoms with Crippen LogP contribution in [0.5, 0.6) is 0 Å². The average Bonchev–Trinajstić information content (AvgIpc) is 2.44. The average molecular weight is 231 g/mol. The Morgan fingerprint density at radius 3 is 2.50 bits per heavy atom. The van der Waals surface area contributed by atoms with Crippen molar-refractivity contribution in [2.75, 3.05) is 20.1 Å². The van der Waals surface area contributed by atoms with Crippen LogP contribution in [0, 0.1) is 0 Å². The molecule has 0 aliphatic carbocycles. The molecular weight excluding hydrogens is 210 g/mol. The Balaban J connectivity index is 2.40. The summed E-state index contributed by atoms with van der Waals surface area (Å²) in [6.07, 6.45) is -1.06. The minimum Gasteiger partial charge on any atom is -0.444 e. The van der Waals surface area contributed by atoms with E-state index in [1.165, 1.54) is 0 Å². The van der Waals surface area contributed by atoms with Gasteiger partial charge in [-0.25, -0.2) is 9.80 Å². The van der Waals surface area contributed by atoms with E-state index in [4.69, 9.17) is 4.74 Å². The van der Waals surface area contributed by atoms with Crippen LogP contribution in [-0.4, -0.2) is 54.1 Å². The first-order valence-electron chi connectivity index (χ1n) is 5.42. The van der Waals surface area contributed by atoms with Gasteiger partial charge in [-0.1, -0.05) is 0 Å². The number of hydrogen-bond donors (Lipinski definition) is 3. The summed E-state index contributed by atoms with van der Waals surface area (Å²) in [7, 11) is 1.78. The van der Waals surface area contributed by atoms with E-state index in [-0.39, 0.29) is 6.04 Å². The van der Waals surface area contributed by atoms with Crippen LogP contribution in [0.3, 0.4) is 0 Å². The van der Waals surface area contributed by atoms with E-state index in [1.807, 2.05) is 5.01 Å². The largest absolute Gasteiger partial charge is 0.444 e. The predicted octanol–water partition coefficient (Wildman–Crippen LogP) is -0.309. The maximum Gasteiger partial charge on any atom is 0.408 e. The molecule has 0 aromatic heterocycles. The van der Waals surface area contributed by atoms with Gasteiger partial charge in [-0.2, -0.15) is 0 Å². The monoisotopic (exact) mass is 231 g/mol. The van der Waals surface area contributed by atoms with Crippen molar-refractivity contribution < 1.29 is 14.6 Å². The lowest BCUT2D eigenvalue weighted by molar-refractivity contribution is 0.0461. The van der Waals surface area contributed by atoms with Gasteiger partial charge in [-0.15, -0.1) is 0 Å². The van der Waals surface area contributed by atoms with Crippen LogP contribution in [0.15, 0.2) is 0 Å². The number of nitrogens with zero attached hydrogens (tertiary/aromatic N) is 1. The van der Waals surface area contributed by atoms with Gasteiger partial charge in [-0.3, -0.25) is 5.43 Å². The Kier molecular flexibility index (Phi) is 4.12. The molecule has 1 aliphatic rings. The normalized spacial score (nSPS) is 26.8. The van der Waals surface area contributed by atoms with Gasteiger partial charge in [0, 0.05) is 13.1 Å². The van der Waals surface area contributed by atoms with Crippen molar-refractivity contribution >= 4 is 6.09 Å². The van der Waals surface area contributed by atoms with Crippen LogP contribution >= 0.6 is 0 Å². The lowest BCUT2D eigenvalue weighted by Crippen LogP contribution is -2.45. The molecule has 0 saturated carbocycles. The number of aliphatic hydroxyl groups excluding tert-OH is 1.